The fourth-order valence-electron chi connectivity index (χ4n) is 3.34. The number of amides is 1. The van der Waals surface area contributed by atoms with Gasteiger partial charge in [0.05, 0.1) is 17.7 Å². The fourth-order valence-corrected chi connectivity index (χ4v) is 4.55. The van der Waals surface area contributed by atoms with Gasteiger partial charge in [-0.15, -0.1) is 0 Å². The minimum absolute atomic E-state index is 0.0857. The molecule has 0 fully saturated rings. The van der Waals surface area contributed by atoms with E-state index in [1.54, 1.807) is 24.3 Å². The first-order valence-electron chi connectivity index (χ1n) is 9.91. The number of nitrogens with one attached hydrogen (secondary N) is 1. The van der Waals surface area contributed by atoms with E-state index < -0.39 is 10.0 Å². The van der Waals surface area contributed by atoms with Crippen LogP contribution in [-0.4, -0.2) is 28.5 Å². The first-order valence-corrected chi connectivity index (χ1v) is 11.4. The lowest BCUT2D eigenvalue weighted by molar-refractivity contribution is 0.102. The molecule has 0 saturated heterocycles. The van der Waals surface area contributed by atoms with E-state index in [1.165, 1.54) is 42.7 Å². The Morgan fingerprint density at radius 1 is 1.00 bits per heavy atom. The third-order valence-electron chi connectivity index (χ3n) is 5.18. The van der Waals surface area contributed by atoms with Crippen molar-refractivity contribution >= 4 is 27.3 Å². The summed E-state index contributed by atoms with van der Waals surface area (Å²) in [7, 11) is -0.860. The number of ether oxygens (including phenoxy) is 1. The summed E-state index contributed by atoms with van der Waals surface area (Å²) in [6, 6.07) is 18.7. The highest BCUT2D eigenvalue weighted by Gasteiger charge is 2.24. The monoisotopic (exact) mass is 438 g/mol. The third-order valence-corrected chi connectivity index (χ3v) is 6.96. The van der Waals surface area contributed by atoms with E-state index in [9.17, 15) is 13.2 Å². The highest BCUT2D eigenvalue weighted by molar-refractivity contribution is 7.92. The molecular formula is C24H26N2O4S. The molecule has 3 aromatic carbocycles. The van der Waals surface area contributed by atoms with E-state index in [0.717, 1.165) is 23.2 Å². The van der Waals surface area contributed by atoms with Gasteiger partial charge in [-0.1, -0.05) is 37.3 Å². The van der Waals surface area contributed by atoms with E-state index in [4.69, 9.17) is 4.74 Å². The Kier molecular flexibility index (Phi) is 6.65. The Labute approximate surface area is 183 Å². The molecule has 0 aliphatic rings. The fraction of sp³-hybridized carbons (Fsp3) is 0.208. The van der Waals surface area contributed by atoms with Crippen LogP contribution in [0.4, 0.5) is 11.4 Å². The second-order valence-electron chi connectivity index (χ2n) is 7.09. The molecule has 0 saturated carbocycles. The second kappa shape index (κ2) is 9.22. The van der Waals surface area contributed by atoms with Crippen molar-refractivity contribution in [3.8, 4) is 5.75 Å². The van der Waals surface area contributed by atoms with Crippen LogP contribution in [-0.2, 0) is 16.4 Å². The van der Waals surface area contributed by atoms with Crippen molar-refractivity contribution in [3.63, 3.8) is 0 Å². The molecule has 3 rings (SSSR count). The summed E-state index contributed by atoms with van der Waals surface area (Å²) in [5.74, 6) is 0.167. The van der Waals surface area contributed by atoms with Gasteiger partial charge in [0.25, 0.3) is 15.9 Å². The van der Waals surface area contributed by atoms with Gasteiger partial charge < -0.3 is 10.1 Å². The summed E-state index contributed by atoms with van der Waals surface area (Å²) in [4.78, 5) is 12.8. The summed E-state index contributed by atoms with van der Waals surface area (Å²) in [5, 5.41) is 2.95. The van der Waals surface area contributed by atoms with Crippen LogP contribution in [0.1, 0.15) is 28.4 Å². The zero-order valence-corrected chi connectivity index (χ0v) is 18.9. The van der Waals surface area contributed by atoms with Crippen molar-refractivity contribution in [1.29, 1.82) is 0 Å². The zero-order chi connectivity index (χ0) is 22.6. The van der Waals surface area contributed by atoms with Gasteiger partial charge in [0.1, 0.15) is 5.75 Å². The van der Waals surface area contributed by atoms with Crippen molar-refractivity contribution in [2.75, 3.05) is 23.8 Å². The molecule has 3 aromatic rings. The van der Waals surface area contributed by atoms with Crippen molar-refractivity contribution in [1.82, 2.24) is 0 Å². The van der Waals surface area contributed by atoms with Crippen LogP contribution in [0.25, 0.3) is 0 Å². The summed E-state index contributed by atoms with van der Waals surface area (Å²) in [6.07, 6.45) is 0.795. The smallest absolute Gasteiger partial charge is 0.264 e. The largest absolute Gasteiger partial charge is 0.495 e. The molecule has 6 nitrogen and oxygen atoms in total. The van der Waals surface area contributed by atoms with E-state index in [2.05, 4.69) is 5.32 Å². The van der Waals surface area contributed by atoms with Crippen LogP contribution in [0, 0.1) is 6.92 Å². The highest BCUT2D eigenvalue weighted by atomic mass is 32.2. The van der Waals surface area contributed by atoms with Crippen LogP contribution < -0.4 is 14.4 Å². The number of hydrogen-bond donors (Lipinski definition) is 1. The zero-order valence-electron chi connectivity index (χ0n) is 18.0. The van der Waals surface area contributed by atoms with Crippen LogP contribution >= 0.6 is 0 Å². The van der Waals surface area contributed by atoms with Crippen molar-refractivity contribution in [2.24, 2.45) is 0 Å². The van der Waals surface area contributed by atoms with E-state index in [0.29, 0.717) is 17.0 Å². The van der Waals surface area contributed by atoms with Gasteiger partial charge in [-0.2, -0.15) is 0 Å². The topological polar surface area (TPSA) is 75.7 Å². The molecule has 0 heterocycles. The predicted octanol–water partition coefficient (Wildman–Crippen LogP) is 4.64. The van der Waals surface area contributed by atoms with Gasteiger partial charge in [0, 0.05) is 18.3 Å². The van der Waals surface area contributed by atoms with E-state index in [1.807, 2.05) is 32.0 Å². The molecular weight excluding hydrogens is 412 g/mol. The Bertz CT molecular complexity index is 1190. The molecule has 0 atom stereocenters. The van der Waals surface area contributed by atoms with Gasteiger partial charge in [0.2, 0.25) is 0 Å². The number of rotatable bonds is 7. The number of aryl methyl sites for hydroxylation is 2. The first kappa shape index (κ1) is 22.4. The number of para-hydroxylation sites is 3. The number of carbonyl (C=O) groups excluding carboxylic acids is 1. The molecule has 0 bridgehead atoms. The Balaban J connectivity index is 1.85. The maximum absolute atomic E-state index is 13.1. The van der Waals surface area contributed by atoms with Crippen LogP contribution in [0.15, 0.2) is 71.6 Å². The number of hydrogen-bond acceptors (Lipinski definition) is 4. The molecule has 162 valence electrons. The minimum atomic E-state index is -3.82. The molecule has 7 heteroatoms. The van der Waals surface area contributed by atoms with Gasteiger partial charge in [0.15, 0.2) is 0 Å². The quantitative estimate of drug-likeness (QED) is 0.583. The number of sulfonamides is 1. The normalized spacial score (nSPS) is 11.1. The third kappa shape index (κ3) is 4.56. The summed E-state index contributed by atoms with van der Waals surface area (Å²) >= 11 is 0. The maximum atomic E-state index is 13.1. The minimum Gasteiger partial charge on any atom is -0.495 e. The maximum Gasteiger partial charge on any atom is 0.264 e. The molecule has 0 aliphatic heterocycles. The van der Waals surface area contributed by atoms with Gasteiger partial charge in [-0.3, -0.25) is 9.10 Å². The highest BCUT2D eigenvalue weighted by Crippen LogP contribution is 2.31. The average molecular weight is 439 g/mol. The van der Waals surface area contributed by atoms with Gasteiger partial charge >= 0.3 is 0 Å². The van der Waals surface area contributed by atoms with Crippen molar-refractivity contribution in [3.05, 3.63) is 83.4 Å². The van der Waals surface area contributed by atoms with Gasteiger partial charge in [-0.25, -0.2) is 8.42 Å². The summed E-state index contributed by atoms with van der Waals surface area (Å²) in [6.45, 7) is 3.97. The molecule has 0 aromatic heterocycles. The van der Waals surface area contributed by atoms with Crippen LogP contribution in [0.5, 0.6) is 5.75 Å². The standard InChI is InChI=1S/C24H26N2O4S/c1-5-18-10-8-9-17(2)23(18)25-24(27)19-13-15-20(16-14-19)31(28,29)26(3)21-11-6-7-12-22(21)30-4/h6-16H,5H2,1-4H3,(H,25,27). The molecule has 0 unspecified atom stereocenters. The molecule has 0 radical (unpaired) electrons. The number of carbonyl (C=O) groups is 1. The van der Waals surface area contributed by atoms with Crippen molar-refractivity contribution in [2.45, 2.75) is 25.2 Å². The van der Waals surface area contributed by atoms with Crippen LogP contribution in [0.3, 0.4) is 0 Å². The predicted molar refractivity (Wildman–Crippen MR) is 124 cm³/mol. The SMILES string of the molecule is CCc1cccc(C)c1NC(=O)c1ccc(S(=O)(=O)N(C)c2ccccc2OC)cc1. The molecule has 0 spiro atoms. The average Bonchev–Trinajstić information content (AvgIpc) is 2.79. The summed E-state index contributed by atoms with van der Waals surface area (Å²) in [5.41, 5.74) is 3.63. The Morgan fingerprint density at radius 3 is 2.32 bits per heavy atom. The lowest BCUT2D eigenvalue weighted by atomic mass is 10.1. The van der Waals surface area contributed by atoms with E-state index >= 15 is 0 Å². The number of nitrogens with zero attached hydrogens (tertiary/aromatic N) is 1. The Morgan fingerprint density at radius 2 is 1.68 bits per heavy atom. The number of anilines is 2. The van der Waals surface area contributed by atoms with Crippen LogP contribution in [0.2, 0.25) is 0 Å². The lowest BCUT2D eigenvalue weighted by Gasteiger charge is -2.21. The first-order chi connectivity index (χ1) is 14.8. The van der Waals surface area contributed by atoms with E-state index in [-0.39, 0.29) is 10.8 Å². The summed E-state index contributed by atoms with van der Waals surface area (Å²) < 4.78 is 32.6. The lowest BCUT2D eigenvalue weighted by Crippen LogP contribution is -2.27. The molecule has 1 N–H and O–H groups in total. The van der Waals surface area contributed by atoms with Gasteiger partial charge in [-0.05, 0) is 60.9 Å². The molecule has 31 heavy (non-hydrogen) atoms. The Hall–Kier alpha value is -3.32. The number of benzene rings is 3. The second-order valence-corrected chi connectivity index (χ2v) is 9.05. The molecule has 0 aliphatic carbocycles. The number of methoxy groups -OCH3 is 1. The van der Waals surface area contributed by atoms with Crippen molar-refractivity contribution < 1.29 is 17.9 Å². The molecule has 1 amide bonds.